The fourth-order valence-electron chi connectivity index (χ4n) is 2.47. The second-order valence-corrected chi connectivity index (χ2v) is 8.01. The molecule has 0 amide bonds. The van der Waals surface area contributed by atoms with Gasteiger partial charge in [-0.3, -0.25) is 0 Å². The molecule has 1 saturated heterocycles. The fraction of sp³-hybridized carbons (Fsp3) is 0.692. The maximum Gasteiger partial charge on any atom is 0.227 e. The van der Waals surface area contributed by atoms with Crippen LogP contribution < -0.4 is 10.2 Å². The molecule has 3 rings (SSSR count). The second-order valence-electron chi connectivity index (χ2n) is 5.78. The first-order chi connectivity index (χ1) is 9.43. The zero-order valence-electron chi connectivity index (χ0n) is 11.8. The van der Waals surface area contributed by atoms with E-state index in [0.29, 0.717) is 18.4 Å². The molecule has 1 saturated carbocycles. The van der Waals surface area contributed by atoms with Crippen molar-refractivity contribution < 1.29 is 8.42 Å². The molecule has 0 radical (unpaired) electrons. The first kappa shape index (κ1) is 13.6. The summed E-state index contributed by atoms with van der Waals surface area (Å²) in [5.74, 6) is 1.91. The largest absolute Gasteiger partial charge is 0.367 e. The standard InChI is InChI=1S/C13H20N4O2S/c1-9-7-12(15-10-3-4-10)16-13(14-9)17(2)11-5-6-20(18,19)8-11/h7,10-11H,3-6,8H2,1-2H3,(H,14,15,16). The summed E-state index contributed by atoms with van der Waals surface area (Å²) >= 11 is 0. The van der Waals surface area contributed by atoms with Crippen LogP contribution in [-0.4, -0.2) is 49.0 Å². The minimum Gasteiger partial charge on any atom is -0.367 e. The maximum absolute atomic E-state index is 11.6. The highest BCUT2D eigenvalue weighted by molar-refractivity contribution is 7.91. The molecular weight excluding hydrogens is 276 g/mol. The molecule has 2 fully saturated rings. The summed E-state index contributed by atoms with van der Waals surface area (Å²) in [6.07, 6.45) is 3.03. The van der Waals surface area contributed by atoms with Crippen LogP contribution in [0.25, 0.3) is 0 Å². The molecule has 1 aliphatic heterocycles. The van der Waals surface area contributed by atoms with Gasteiger partial charge in [0.15, 0.2) is 9.84 Å². The Hall–Kier alpha value is -1.37. The number of sulfone groups is 1. The SMILES string of the molecule is Cc1cc(NC2CC2)nc(N(C)C2CCS(=O)(=O)C2)n1. The number of rotatable bonds is 4. The fourth-order valence-corrected chi connectivity index (χ4v) is 4.24. The number of aromatic nitrogens is 2. The van der Waals surface area contributed by atoms with E-state index < -0.39 is 9.84 Å². The van der Waals surface area contributed by atoms with Crippen LogP contribution in [0, 0.1) is 6.92 Å². The summed E-state index contributed by atoms with van der Waals surface area (Å²) in [5, 5.41) is 3.36. The molecule has 2 aliphatic rings. The van der Waals surface area contributed by atoms with E-state index in [1.54, 1.807) is 0 Å². The molecule has 1 unspecified atom stereocenters. The normalized spacial score (nSPS) is 24.6. The van der Waals surface area contributed by atoms with Gasteiger partial charge in [0, 0.05) is 30.9 Å². The van der Waals surface area contributed by atoms with Gasteiger partial charge < -0.3 is 10.2 Å². The van der Waals surface area contributed by atoms with Crippen LogP contribution in [0.15, 0.2) is 6.07 Å². The first-order valence-electron chi connectivity index (χ1n) is 6.98. The lowest BCUT2D eigenvalue weighted by molar-refractivity contribution is 0.600. The number of nitrogens with one attached hydrogen (secondary N) is 1. The Morgan fingerprint density at radius 2 is 2.05 bits per heavy atom. The van der Waals surface area contributed by atoms with Gasteiger partial charge in [0.2, 0.25) is 5.95 Å². The Kier molecular flexibility index (Phi) is 3.32. The van der Waals surface area contributed by atoms with Gasteiger partial charge in [0.1, 0.15) is 5.82 Å². The summed E-state index contributed by atoms with van der Waals surface area (Å²) in [4.78, 5) is 10.8. The molecule has 0 bridgehead atoms. The van der Waals surface area contributed by atoms with Crippen molar-refractivity contribution in [2.45, 2.75) is 38.3 Å². The summed E-state index contributed by atoms with van der Waals surface area (Å²) in [6, 6.07) is 2.45. The lowest BCUT2D eigenvalue weighted by Gasteiger charge is -2.24. The lowest BCUT2D eigenvalue weighted by atomic mass is 10.2. The van der Waals surface area contributed by atoms with Gasteiger partial charge in [0.25, 0.3) is 0 Å². The minimum absolute atomic E-state index is 0.0180. The van der Waals surface area contributed by atoms with Gasteiger partial charge in [-0.15, -0.1) is 0 Å². The summed E-state index contributed by atoms with van der Waals surface area (Å²) in [6.45, 7) is 1.93. The van der Waals surface area contributed by atoms with Crippen molar-refractivity contribution in [1.82, 2.24) is 9.97 Å². The van der Waals surface area contributed by atoms with Gasteiger partial charge >= 0.3 is 0 Å². The lowest BCUT2D eigenvalue weighted by Crippen LogP contribution is -2.34. The zero-order valence-corrected chi connectivity index (χ0v) is 12.7. The average molecular weight is 296 g/mol. The van der Waals surface area contributed by atoms with E-state index >= 15 is 0 Å². The van der Waals surface area contributed by atoms with E-state index in [1.807, 2.05) is 24.9 Å². The molecule has 0 aromatic carbocycles. The molecule has 6 nitrogen and oxygen atoms in total. The molecule has 1 atom stereocenters. The highest BCUT2D eigenvalue weighted by atomic mass is 32.2. The Bertz CT molecular complexity index is 613. The molecule has 7 heteroatoms. The first-order valence-corrected chi connectivity index (χ1v) is 8.80. The van der Waals surface area contributed by atoms with Crippen molar-refractivity contribution in [3.8, 4) is 0 Å². The van der Waals surface area contributed by atoms with Crippen LogP contribution in [0.4, 0.5) is 11.8 Å². The van der Waals surface area contributed by atoms with Gasteiger partial charge in [0.05, 0.1) is 11.5 Å². The molecule has 1 aromatic rings. The molecule has 2 heterocycles. The molecule has 0 spiro atoms. The average Bonchev–Trinajstić information content (AvgIpc) is 3.09. The minimum atomic E-state index is -2.89. The van der Waals surface area contributed by atoms with Gasteiger partial charge in [-0.05, 0) is 26.2 Å². The second kappa shape index (κ2) is 4.87. The van der Waals surface area contributed by atoms with Gasteiger partial charge in [-0.25, -0.2) is 13.4 Å². The van der Waals surface area contributed by atoms with Crippen LogP contribution in [0.2, 0.25) is 0 Å². The van der Waals surface area contributed by atoms with E-state index in [4.69, 9.17) is 0 Å². The summed E-state index contributed by atoms with van der Waals surface area (Å²) in [5.41, 5.74) is 0.894. The van der Waals surface area contributed by atoms with Crippen molar-refractivity contribution in [2.24, 2.45) is 0 Å². The predicted octanol–water partition coefficient (Wildman–Crippen LogP) is 0.983. The Labute approximate surface area is 119 Å². The van der Waals surface area contributed by atoms with Gasteiger partial charge in [-0.1, -0.05) is 0 Å². The third kappa shape index (κ3) is 3.03. The molecule has 20 heavy (non-hydrogen) atoms. The molecule has 1 aliphatic carbocycles. The van der Waals surface area contributed by atoms with Crippen LogP contribution in [0.3, 0.4) is 0 Å². The summed E-state index contributed by atoms with van der Waals surface area (Å²) in [7, 11) is -1.01. The number of aryl methyl sites for hydroxylation is 1. The molecule has 110 valence electrons. The smallest absolute Gasteiger partial charge is 0.227 e. The number of nitrogens with zero attached hydrogens (tertiary/aromatic N) is 3. The van der Waals surface area contributed by atoms with Crippen molar-refractivity contribution >= 4 is 21.6 Å². The van der Waals surface area contributed by atoms with Crippen LogP contribution in [0.1, 0.15) is 25.0 Å². The summed E-state index contributed by atoms with van der Waals surface area (Å²) < 4.78 is 23.2. The van der Waals surface area contributed by atoms with Crippen LogP contribution >= 0.6 is 0 Å². The number of hydrogen-bond donors (Lipinski definition) is 1. The Morgan fingerprint density at radius 1 is 1.30 bits per heavy atom. The topological polar surface area (TPSA) is 75.2 Å². The number of anilines is 2. The van der Waals surface area contributed by atoms with E-state index in [2.05, 4.69) is 15.3 Å². The van der Waals surface area contributed by atoms with Crippen LogP contribution in [-0.2, 0) is 9.84 Å². The Morgan fingerprint density at radius 3 is 2.65 bits per heavy atom. The van der Waals surface area contributed by atoms with E-state index in [0.717, 1.165) is 11.5 Å². The van der Waals surface area contributed by atoms with E-state index in [9.17, 15) is 8.42 Å². The molecule has 1 aromatic heterocycles. The zero-order chi connectivity index (χ0) is 14.3. The van der Waals surface area contributed by atoms with E-state index in [-0.39, 0.29) is 17.5 Å². The molecule has 1 N–H and O–H groups in total. The van der Waals surface area contributed by atoms with Crippen molar-refractivity contribution in [3.05, 3.63) is 11.8 Å². The maximum atomic E-state index is 11.6. The molecular formula is C13H20N4O2S. The quantitative estimate of drug-likeness (QED) is 0.893. The highest BCUT2D eigenvalue weighted by Crippen LogP contribution is 2.26. The van der Waals surface area contributed by atoms with E-state index in [1.165, 1.54) is 12.8 Å². The third-order valence-corrected chi connectivity index (χ3v) is 5.59. The monoisotopic (exact) mass is 296 g/mol. The predicted molar refractivity (Wildman–Crippen MR) is 78.9 cm³/mol. The third-order valence-electron chi connectivity index (χ3n) is 3.84. The highest BCUT2D eigenvalue weighted by Gasteiger charge is 2.32. The number of hydrogen-bond acceptors (Lipinski definition) is 6. The van der Waals surface area contributed by atoms with Crippen molar-refractivity contribution in [3.63, 3.8) is 0 Å². The van der Waals surface area contributed by atoms with Crippen LogP contribution in [0.5, 0.6) is 0 Å². The van der Waals surface area contributed by atoms with Crippen molar-refractivity contribution in [2.75, 3.05) is 28.8 Å². The Balaban J connectivity index is 1.79. The van der Waals surface area contributed by atoms with Gasteiger partial charge in [-0.2, -0.15) is 4.98 Å². The van der Waals surface area contributed by atoms with Crippen molar-refractivity contribution in [1.29, 1.82) is 0 Å².